The third kappa shape index (κ3) is 5.05. The number of hydrogen-bond acceptors (Lipinski definition) is 4. The molecular weight excluding hydrogens is 308 g/mol. The first-order valence-corrected chi connectivity index (χ1v) is 8.80. The first kappa shape index (κ1) is 15.3. The summed E-state index contributed by atoms with van der Waals surface area (Å²) in [5.41, 5.74) is 0.738. The molecule has 0 bridgehead atoms. The van der Waals surface area contributed by atoms with E-state index in [0.717, 1.165) is 11.1 Å². The summed E-state index contributed by atoms with van der Waals surface area (Å²) in [6.45, 7) is 0. The monoisotopic (exact) mass is 322 g/mol. The van der Waals surface area contributed by atoms with Gasteiger partial charge in [0.1, 0.15) is 0 Å². The van der Waals surface area contributed by atoms with Gasteiger partial charge in [0, 0.05) is 11.0 Å². The smallest absolute Gasteiger partial charge is 0.248 e. The predicted octanol–water partition coefficient (Wildman–Crippen LogP) is 2.77. The zero-order chi connectivity index (χ0) is 15.3. The molecule has 1 aromatic carbocycles. The Balaban J connectivity index is 2.10. The number of thiophene rings is 1. The van der Waals surface area contributed by atoms with Crippen LogP contribution in [0.25, 0.3) is 6.08 Å². The van der Waals surface area contributed by atoms with Gasteiger partial charge in [-0.15, -0.1) is 11.3 Å². The van der Waals surface area contributed by atoms with E-state index in [4.69, 9.17) is 0 Å². The van der Waals surface area contributed by atoms with Crippen molar-refractivity contribution in [2.75, 3.05) is 16.3 Å². The average molecular weight is 322 g/mol. The number of nitrogens with one attached hydrogen (secondary N) is 2. The number of para-hydroxylation sites is 2. The molecule has 0 saturated heterocycles. The molecule has 21 heavy (non-hydrogen) atoms. The maximum atomic E-state index is 11.9. The Morgan fingerprint density at radius 2 is 1.86 bits per heavy atom. The lowest BCUT2D eigenvalue weighted by molar-refractivity contribution is -0.111. The van der Waals surface area contributed by atoms with Crippen molar-refractivity contribution in [1.82, 2.24) is 0 Å². The van der Waals surface area contributed by atoms with E-state index in [0.29, 0.717) is 11.4 Å². The minimum Gasteiger partial charge on any atom is -0.321 e. The molecule has 1 amide bonds. The Kier molecular flexibility index (Phi) is 4.77. The van der Waals surface area contributed by atoms with Crippen LogP contribution >= 0.6 is 11.3 Å². The summed E-state index contributed by atoms with van der Waals surface area (Å²) < 4.78 is 24.9. The summed E-state index contributed by atoms with van der Waals surface area (Å²) in [7, 11) is -3.40. The predicted molar refractivity (Wildman–Crippen MR) is 86.9 cm³/mol. The quantitative estimate of drug-likeness (QED) is 0.831. The second-order valence-corrected chi connectivity index (χ2v) is 6.99. The van der Waals surface area contributed by atoms with Crippen LogP contribution in [-0.2, 0) is 14.8 Å². The van der Waals surface area contributed by atoms with E-state index < -0.39 is 10.0 Å². The van der Waals surface area contributed by atoms with Crippen molar-refractivity contribution >= 4 is 44.7 Å². The van der Waals surface area contributed by atoms with E-state index in [1.807, 2.05) is 17.5 Å². The third-order valence-electron chi connectivity index (χ3n) is 2.42. The molecule has 1 heterocycles. The highest BCUT2D eigenvalue weighted by atomic mass is 32.2. The molecule has 5 nitrogen and oxygen atoms in total. The molecule has 0 fully saturated rings. The van der Waals surface area contributed by atoms with Crippen molar-refractivity contribution in [3.8, 4) is 0 Å². The van der Waals surface area contributed by atoms with Crippen LogP contribution in [0.5, 0.6) is 0 Å². The molecular formula is C14H14N2O3S2. The maximum Gasteiger partial charge on any atom is 0.248 e. The fourth-order valence-electron chi connectivity index (χ4n) is 1.60. The van der Waals surface area contributed by atoms with Crippen molar-refractivity contribution in [2.45, 2.75) is 0 Å². The van der Waals surface area contributed by atoms with Crippen molar-refractivity contribution in [3.05, 3.63) is 52.7 Å². The molecule has 7 heteroatoms. The average Bonchev–Trinajstić information content (AvgIpc) is 2.90. The van der Waals surface area contributed by atoms with Crippen molar-refractivity contribution < 1.29 is 13.2 Å². The highest BCUT2D eigenvalue weighted by Crippen LogP contribution is 2.22. The second kappa shape index (κ2) is 6.55. The van der Waals surface area contributed by atoms with Gasteiger partial charge in [0.25, 0.3) is 0 Å². The Labute approximate surface area is 127 Å². The third-order valence-corrected chi connectivity index (χ3v) is 3.85. The standard InChI is InChI=1S/C14H14N2O3S2/c1-21(18,19)16-13-7-3-2-6-12(13)15-14(17)9-8-11-5-4-10-20-11/h2-10,16H,1H3,(H,15,17)/b9-8+. The topological polar surface area (TPSA) is 75.3 Å². The first-order chi connectivity index (χ1) is 9.94. The minimum absolute atomic E-state index is 0.328. The van der Waals surface area contributed by atoms with Crippen LogP contribution in [0.1, 0.15) is 4.88 Å². The molecule has 0 atom stereocenters. The SMILES string of the molecule is CS(=O)(=O)Nc1ccccc1NC(=O)/C=C/c1cccs1. The number of benzene rings is 1. The first-order valence-electron chi connectivity index (χ1n) is 6.03. The summed E-state index contributed by atoms with van der Waals surface area (Å²) in [6.07, 6.45) is 4.16. The zero-order valence-electron chi connectivity index (χ0n) is 11.2. The van der Waals surface area contributed by atoms with Crippen molar-refractivity contribution in [3.63, 3.8) is 0 Å². The lowest BCUT2D eigenvalue weighted by atomic mass is 10.2. The second-order valence-electron chi connectivity index (χ2n) is 4.26. The van der Waals surface area contributed by atoms with Crippen molar-refractivity contribution in [2.24, 2.45) is 0 Å². The maximum absolute atomic E-state index is 11.9. The Morgan fingerprint density at radius 3 is 2.48 bits per heavy atom. The number of carbonyl (C=O) groups is 1. The fourth-order valence-corrected chi connectivity index (χ4v) is 2.79. The normalized spacial score (nSPS) is 11.5. The number of hydrogen-bond donors (Lipinski definition) is 2. The minimum atomic E-state index is -3.40. The molecule has 0 aliphatic carbocycles. The number of carbonyl (C=O) groups excluding carboxylic acids is 1. The molecule has 0 spiro atoms. The van der Waals surface area contributed by atoms with Crippen molar-refractivity contribution in [1.29, 1.82) is 0 Å². The summed E-state index contributed by atoms with van der Waals surface area (Å²) in [4.78, 5) is 12.8. The van der Waals surface area contributed by atoms with Gasteiger partial charge in [0.15, 0.2) is 0 Å². The molecule has 2 rings (SSSR count). The summed E-state index contributed by atoms with van der Waals surface area (Å²) in [6, 6.07) is 10.4. The largest absolute Gasteiger partial charge is 0.321 e. The number of sulfonamides is 1. The molecule has 0 unspecified atom stereocenters. The van der Waals surface area contributed by atoms with E-state index in [1.165, 1.54) is 17.4 Å². The van der Waals surface area contributed by atoms with Gasteiger partial charge >= 0.3 is 0 Å². The summed E-state index contributed by atoms with van der Waals surface area (Å²) in [5.74, 6) is -0.328. The molecule has 110 valence electrons. The number of rotatable bonds is 5. The molecule has 1 aromatic heterocycles. The van der Waals surface area contributed by atoms with E-state index in [2.05, 4.69) is 10.0 Å². The van der Waals surface area contributed by atoms with Gasteiger partial charge in [-0.3, -0.25) is 9.52 Å². The Morgan fingerprint density at radius 1 is 1.14 bits per heavy atom. The number of amides is 1. The van der Waals surface area contributed by atoms with Gasteiger partial charge in [-0.1, -0.05) is 18.2 Å². The Hall–Kier alpha value is -2.12. The molecule has 2 N–H and O–H groups in total. The van der Waals surface area contributed by atoms with E-state index in [9.17, 15) is 13.2 Å². The van der Waals surface area contributed by atoms with Gasteiger partial charge in [0.2, 0.25) is 15.9 Å². The summed E-state index contributed by atoms with van der Waals surface area (Å²) >= 11 is 1.52. The van der Waals surface area contributed by atoms with Crippen LogP contribution in [0.3, 0.4) is 0 Å². The van der Waals surface area contributed by atoms with E-state index in [1.54, 1.807) is 30.3 Å². The lowest BCUT2D eigenvalue weighted by Crippen LogP contribution is -2.14. The van der Waals surface area contributed by atoms with Crippen LogP contribution in [0.2, 0.25) is 0 Å². The van der Waals surface area contributed by atoms with Crippen LogP contribution in [-0.4, -0.2) is 20.6 Å². The van der Waals surface area contributed by atoms with Gasteiger partial charge in [-0.05, 0) is 29.7 Å². The highest BCUT2D eigenvalue weighted by Gasteiger charge is 2.08. The molecule has 2 aromatic rings. The van der Waals surface area contributed by atoms with Gasteiger partial charge in [-0.2, -0.15) is 0 Å². The summed E-state index contributed by atoms with van der Waals surface area (Å²) in [5, 5.41) is 4.57. The lowest BCUT2D eigenvalue weighted by Gasteiger charge is -2.10. The molecule has 0 aliphatic rings. The van der Waals surface area contributed by atoms with Gasteiger partial charge in [0.05, 0.1) is 17.6 Å². The molecule has 0 aliphatic heterocycles. The van der Waals surface area contributed by atoms with Crippen LogP contribution < -0.4 is 10.0 Å². The Bertz CT molecular complexity index is 750. The van der Waals surface area contributed by atoms with Gasteiger partial charge < -0.3 is 5.32 Å². The van der Waals surface area contributed by atoms with Gasteiger partial charge in [-0.25, -0.2) is 8.42 Å². The molecule has 0 saturated carbocycles. The van der Waals surface area contributed by atoms with Crippen LogP contribution in [0, 0.1) is 0 Å². The molecule has 0 radical (unpaired) electrons. The van der Waals surface area contributed by atoms with E-state index in [-0.39, 0.29) is 5.91 Å². The fraction of sp³-hybridized carbons (Fsp3) is 0.0714. The van der Waals surface area contributed by atoms with E-state index >= 15 is 0 Å². The zero-order valence-corrected chi connectivity index (χ0v) is 12.9. The highest BCUT2D eigenvalue weighted by molar-refractivity contribution is 7.92. The number of anilines is 2. The van der Waals surface area contributed by atoms with Crippen LogP contribution in [0.4, 0.5) is 11.4 Å². The van der Waals surface area contributed by atoms with Crippen LogP contribution in [0.15, 0.2) is 47.9 Å².